The topological polar surface area (TPSA) is 48.7 Å². The largest absolute Gasteiger partial charge is 0.484 e. The van der Waals surface area contributed by atoms with E-state index in [2.05, 4.69) is 4.74 Å². The fourth-order valence-corrected chi connectivity index (χ4v) is 1.64. The van der Waals surface area contributed by atoms with Crippen LogP contribution >= 0.6 is 11.6 Å². The predicted octanol–water partition coefficient (Wildman–Crippen LogP) is 3.30. The molecule has 2 rings (SSSR count). The van der Waals surface area contributed by atoms with Gasteiger partial charge >= 0.3 is 5.97 Å². The number of para-hydroxylation sites is 1. The van der Waals surface area contributed by atoms with E-state index in [0.717, 1.165) is 0 Å². The molecule has 0 unspecified atom stereocenters. The average Bonchev–Trinajstić information content (AvgIpc) is 2.85. The average molecular weight is 267 g/mol. The highest BCUT2D eigenvalue weighted by Gasteiger charge is 2.15. The Bertz CT molecular complexity index is 547. The summed E-state index contributed by atoms with van der Waals surface area (Å²) in [4.78, 5) is 11.4. The minimum absolute atomic E-state index is 0.112. The van der Waals surface area contributed by atoms with Crippen LogP contribution in [0.15, 0.2) is 41.0 Å². The van der Waals surface area contributed by atoms with Crippen LogP contribution in [0.3, 0.4) is 0 Å². The van der Waals surface area contributed by atoms with Crippen LogP contribution in [-0.2, 0) is 11.3 Å². The van der Waals surface area contributed by atoms with Gasteiger partial charge in [-0.1, -0.05) is 23.7 Å². The van der Waals surface area contributed by atoms with E-state index in [-0.39, 0.29) is 6.61 Å². The first-order valence-electron chi connectivity index (χ1n) is 5.24. The highest BCUT2D eigenvalue weighted by Crippen LogP contribution is 2.24. The lowest BCUT2D eigenvalue weighted by atomic mass is 10.2. The molecule has 0 aliphatic carbocycles. The van der Waals surface area contributed by atoms with Crippen molar-refractivity contribution in [2.24, 2.45) is 0 Å². The van der Waals surface area contributed by atoms with Gasteiger partial charge < -0.3 is 13.9 Å². The fourth-order valence-electron chi connectivity index (χ4n) is 1.45. The normalized spacial score (nSPS) is 10.1. The predicted molar refractivity (Wildman–Crippen MR) is 65.8 cm³/mol. The second kappa shape index (κ2) is 5.60. The molecule has 94 valence electrons. The summed E-state index contributed by atoms with van der Waals surface area (Å²) in [6, 6.07) is 8.62. The third-order valence-electron chi connectivity index (χ3n) is 2.35. The number of hydrogen-bond acceptors (Lipinski definition) is 4. The molecule has 0 aliphatic heterocycles. The smallest absolute Gasteiger partial charge is 0.341 e. The number of carbonyl (C=O) groups excluding carboxylic acids is 1. The van der Waals surface area contributed by atoms with Gasteiger partial charge in [-0.3, -0.25) is 0 Å². The molecule has 0 N–H and O–H groups in total. The van der Waals surface area contributed by atoms with Crippen molar-refractivity contribution >= 4 is 17.6 Å². The molecule has 1 heterocycles. The van der Waals surface area contributed by atoms with E-state index in [1.807, 2.05) is 12.1 Å². The minimum Gasteiger partial charge on any atom is -0.484 e. The van der Waals surface area contributed by atoms with E-state index in [9.17, 15) is 4.79 Å². The Kier molecular flexibility index (Phi) is 3.89. The van der Waals surface area contributed by atoms with E-state index in [0.29, 0.717) is 22.1 Å². The Morgan fingerprint density at radius 1 is 1.33 bits per heavy atom. The molecule has 0 saturated carbocycles. The zero-order chi connectivity index (χ0) is 13.0. The lowest BCUT2D eigenvalue weighted by molar-refractivity contribution is 0.0595. The van der Waals surface area contributed by atoms with E-state index in [1.54, 1.807) is 12.1 Å². The second-order valence-electron chi connectivity index (χ2n) is 3.47. The summed E-state index contributed by atoms with van der Waals surface area (Å²) < 4.78 is 15.3. The Morgan fingerprint density at radius 3 is 2.83 bits per heavy atom. The summed E-state index contributed by atoms with van der Waals surface area (Å²) in [7, 11) is 1.31. The van der Waals surface area contributed by atoms with Crippen molar-refractivity contribution in [3.63, 3.8) is 0 Å². The van der Waals surface area contributed by atoms with Crippen molar-refractivity contribution in [2.75, 3.05) is 7.11 Å². The highest BCUT2D eigenvalue weighted by atomic mass is 35.5. The molecule has 1 aromatic heterocycles. The summed E-state index contributed by atoms with van der Waals surface area (Å²) >= 11 is 5.95. The van der Waals surface area contributed by atoms with Crippen LogP contribution < -0.4 is 4.74 Å². The van der Waals surface area contributed by atoms with Crippen LogP contribution in [0, 0.1) is 0 Å². The van der Waals surface area contributed by atoms with Gasteiger partial charge in [0.05, 0.1) is 18.4 Å². The Morgan fingerprint density at radius 2 is 2.11 bits per heavy atom. The Labute approximate surface area is 109 Å². The van der Waals surface area contributed by atoms with Crippen molar-refractivity contribution in [3.8, 4) is 5.75 Å². The maximum absolute atomic E-state index is 11.4. The maximum atomic E-state index is 11.4. The van der Waals surface area contributed by atoms with Crippen LogP contribution in [0.4, 0.5) is 0 Å². The molecule has 0 amide bonds. The number of furan rings is 1. The summed E-state index contributed by atoms with van der Waals surface area (Å²) in [5.41, 5.74) is 0.351. The summed E-state index contributed by atoms with van der Waals surface area (Å²) in [6.45, 7) is 0.112. The maximum Gasteiger partial charge on any atom is 0.341 e. The van der Waals surface area contributed by atoms with Crippen LogP contribution in [0.5, 0.6) is 5.75 Å². The third kappa shape index (κ3) is 2.65. The van der Waals surface area contributed by atoms with Crippen molar-refractivity contribution in [2.45, 2.75) is 6.61 Å². The minimum atomic E-state index is -0.457. The molecule has 0 spiro atoms. The monoisotopic (exact) mass is 266 g/mol. The summed E-state index contributed by atoms with van der Waals surface area (Å²) in [5, 5.41) is 0.503. The summed E-state index contributed by atoms with van der Waals surface area (Å²) in [6.07, 6.45) is 1.41. The SMILES string of the molecule is COC(=O)c1ccoc1COc1ccccc1Cl. The fraction of sp³-hybridized carbons (Fsp3) is 0.154. The molecule has 0 fully saturated rings. The number of esters is 1. The van der Waals surface area contributed by atoms with Crippen LogP contribution in [-0.4, -0.2) is 13.1 Å². The molecule has 0 radical (unpaired) electrons. The third-order valence-corrected chi connectivity index (χ3v) is 2.66. The lowest BCUT2D eigenvalue weighted by Gasteiger charge is -2.06. The number of methoxy groups -OCH3 is 1. The Balaban J connectivity index is 2.09. The van der Waals surface area contributed by atoms with E-state index in [1.165, 1.54) is 19.4 Å². The van der Waals surface area contributed by atoms with Gasteiger partial charge in [0.15, 0.2) is 5.76 Å². The van der Waals surface area contributed by atoms with Crippen molar-refractivity contribution in [3.05, 3.63) is 52.9 Å². The molecule has 0 bridgehead atoms. The second-order valence-corrected chi connectivity index (χ2v) is 3.88. The molecule has 1 aromatic carbocycles. The lowest BCUT2D eigenvalue weighted by Crippen LogP contribution is -2.05. The van der Waals surface area contributed by atoms with Gasteiger partial charge in [0.25, 0.3) is 0 Å². The van der Waals surface area contributed by atoms with Gasteiger partial charge in [0, 0.05) is 0 Å². The first-order valence-corrected chi connectivity index (χ1v) is 5.62. The van der Waals surface area contributed by atoms with Crippen LogP contribution in [0.2, 0.25) is 5.02 Å². The van der Waals surface area contributed by atoms with Crippen molar-refractivity contribution < 1.29 is 18.7 Å². The molecule has 0 atom stereocenters. The quantitative estimate of drug-likeness (QED) is 0.797. The molecule has 0 aliphatic rings. The number of carbonyl (C=O) groups is 1. The first kappa shape index (κ1) is 12.5. The Hall–Kier alpha value is -1.94. The number of benzene rings is 1. The highest BCUT2D eigenvalue weighted by molar-refractivity contribution is 6.32. The number of halogens is 1. The number of hydrogen-bond donors (Lipinski definition) is 0. The van der Waals surface area contributed by atoms with Crippen molar-refractivity contribution in [1.82, 2.24) is 0 Å². The van der Waals surface area contributed by atoms with E-state index >= 15 is 0 Å². The van der Waals surface area contributed by atoms with Crippen LogP contribution in [0.1, 0.15) is 16.1 Å². The molecule has 4 nitrogen and oxygen atoms in total. The number of ether oxygens (including phenoxy) is 2. The summed E-state index contributed by atoms with van der Waals surface area (Å²) in [5.74, 6) is 0.481. The zero-order valence-corrected chi connectivity index (χ0v) is 10.4. The van der Waals surface area contributed by atoms with E-state index < -0.39 is 5.97 Å². The molecule has 0 saturated heterocycles. The van der Waals surface area contributed by atoms with Gasteiger partial charge in [-0.05, 0) is 18.2 Å². The standard InChI is InChI=1S/C13H11ClO4/c1-16-13(15)9-6-7-17-12(9)8-18-11-5-3-2-4-10(11)14/h2-7H,8H2,1H3. The van der Waals surface area contributed by atoms with Gasteiger partial charge in [0.1, 0.15) is 17.9 Å². The van der Waals surface area contributed by atoms with Gasteiger partial charge in [0.2, 0.25) is 0 Å². The van der Waals surface area contributed by atoms with Crippen molar-refractivity contribution in [1.29, 1.82) is 0 Å². The number of rotatable bonds is 4. The molecular weight excluding hydrogens is 256 g/mol. The zero-order valence-electron chi connectivity index (χ0n) is 9.68. The molecule has 5 heteroatoms. The molecule has 2 aromatic rings. The first-order chi connectivity index (χ1) is 8.72. The van der Waals surface area contributed by atoms with Gasteiger partial charge in [-0.25, -0.2) is 4.79 Å². The molecule has 18 heavy (non-hydrogen) atoms. The van der Waals surface area contributed by atoms with E-state index in [4.69, 9.17) is 20.8 Å². The van der Waals surface area contributed by atoms with Gasteiger partial charge in [-0.15, -0.1) is 0 Å². The molecular formula is C13H11ClO4. The van der Waals surface area contributed by atoms with Gasteiger partial charge in [-0.2, -0.15) is 0 Å². The van der Waals surface area contributed by atoms with Crippen LogP contribution in [0.25, 0.3) is 0 Å².